The van der Waals surface area contributed by atoms with Crippen LogP contribution in [0.4, 0.5) is 0 Å². The van der Waals surface area contributed by atoms with Crippen LogP contribution in [-0.2, 0) is 13.9 Å². The average Bonchev–Trinajstić information content (AvgIpc) is 2.43. The molecular formula is C14H29O5P. The van der Waals surface area contributed by atoms with Crippen molar-refractivity contribution < 1.29 is 24.1 Å². The summed E-state index contributed by atoms with van der Waals surface area (Å²) in [5.74, 6) is -0.585. The van der Waals surface area contributed by atoms with Crippen molar-refractivity contribution in [2.24, 2.45) is 5.92 Å². The van der Waals surface area contributed by atoms with E-state index in [1.54, 1.807) is 0 Å². The molecule has 6 heteroatoms. The van der Waals surface area contributed by atoms with Crippen molar-refractivity contribution in [1.29, 1.82) is 0 Å². The fourth-order valence-corrected chi connectivity index (χ4v) is 4.08. The first-order valence-corrected chi connectivity index (χ1v) is 9.52. The Morgan fingerprint density at radius 3 is 2.45 bits per heavy atom. The lowest BCUT2D eigenvalue weighted by Gasteiger charge is -2.21. The number of aliphatic hydroxyl groups excluding tert-OH is 1. The summed E-state index contributed by atoms with van der Waals surface area (Å²) in [4.78, 5) is 10.6. The number of carboxylic acids is 1. The molecule has 0 aliphatic heterocycles. The van der Waals surface area contributed by atoms with Gasteiger partial charge in [-0.25, -0.2) is 0 Å². The highest BCUT2D eigenvalue weighted by molar-refractivity contribution is 7.59. The molecule has 0 spiro atoms. The topological polar surface area (TPSA) is 83.8 Å². The second kappa shape index (κ2) is 11.3. The van der Waals surface area contributed by atoms with Gasteiger partial charge >= 0.3 is 5.97 Å². The van der Waals surface area contributed by atoms with Crippen LogP contribution in [0.3, 0.4) is 0 Å². The Labute approximate surface area is 122 Å². The minimum atomic E-state index is -2.93. The lowest BCUT2D eigenvalue weighted by Crippen LogP contribution is -2.12. The summed E-state index contributed by atoms with van der Waals surface area (Å²) in [6.45, 7) is 4.60. The molecule has 2 unspecified atom stereocenters. The SMILES string of the molecule is CCCCC(CC)COP(=O)(CCCO)CCC(=O)O. The molecule has 2 atom stereocenters. The molecule has 0 saturated carbocycles. The molecule has 5 nitrogen and oxygen atoms in total. The third kappa shape index (κ3) is 9.51. The van der Waals surface area contributed by atoms with E-state index >= 15 is 0 Å². The Balaban J connectivity index is 4.38. The van der Waals surface area contributed by atoms with Gasteiger partial charge in [0.05, 0.1) is 13.0 Å². The Morgan fingerprint density at radius 1 is 1.25 bits per heavy atom. The second-order valence-electron chi connectivity index (χ2n) is 5.19. The van der Waals surface area contributed by atoms with Crippen LogP contribution in [0.2, 0.25) is 0 Å². The zero-order valence-corrected chi connectivity index (χ0v) is 13.6. The third-order valence-corrected chi connectivity index (χ3v) is 5.93. The lowest BCUT2D eigenvalue weighted by molar-refractivity contribution is -0.136. The van der Waals surface area contributed by atoms with E-state index in [9.17, 15) is 9.36 Å². The fourth-order valence-electron chi connectivity index (χ4n) is 1.96. The van der Waals surface area contributed by atoms with E-state index in [1.807, 2.05) is 0 Å². The Kier molecular flexibility index (Phi) is 11.1. The summed E-state index contributed by atoms with van der Waals surface area (Å²) in [5.41, 5.74) is 0. The number of aliphatic hydroxyl groups is 1. The summed E-state index contributed by atoms with van der Waals surface area (Å²) in [7, 11) is -2.93. The highest BCUT2D eigenvalue weighted by atomic mass is 31.2. The van der Waals surface area contributed by atoms with Gasteiger partial charge in [-0.3, -0.25) is 9.36 Å². The normalized spacial score (nSPS) is 15.8. The highest BCUT2D eigenvalue weighted by Gasteiger charge is 2.25. The van der Waals surface area contributed by atoms with Crippen LogP contribution in [0.15, 0.2) is 0 Å². The summed E-state index contributed by atoms with van der Waals surface area (Å²) in [6.07, 6.45) is 4.84. The maximum atomic E-state index is 12.6. The summed E-state index contributed by atoms with van der Waals surface area (Å²) < 4.78 is 18.2. The van der Waals surface area contributed by atoms with Gasteiger partial charge in [0.25, 0.3) is 0 Å². The van der Waals surface area contributed by atoms with Gasteiger partial charge in [0.1, 0.15) is 0 Å². The predicted octanol–water partition coefficient (Wildman–Crippen LogP) is 3.35. The number of carboxylic acid groups (broad SMARTS) is 1. The maximum absolute atomic E-state index is 12.6. The van der Waals surface area contributed by atoms with Crippen LogP contribution >= 0.6 is 7.37 Å². The van der Waals surface area contributed by atoms with Crippen molar-refractivity contribution in [3.8, 4) is 0 Å². The van der Waals surface area contributed by atoms with Crippen LogP contribution in [0.25, 0.3) is 0 Å². The third-order valence-electron chi connectivity index (χ3n) is 3.41. The van der Waals surface area contributed by atoms with Crippen LogP contribution in [0.1, 0.15) is 52.4 Å². The highest BCUT2D eigenvalue weighted by Crippen LogP contribution is 2.48. The molecule has 0 aromatic rings. The van der Waals surface area contributed by atoms with Crippen molar-refractivity contribution in [1.82, 2.24) is 0 Å². The summed E-state index contributed by atoms with van der Waals surface area (Å²) in [6, 6.07) is 0. The summed E-state index contributed by atoms with van der Waals surface area (Å²) >= 11 is 0. The second-order valence-corrected chi connectivity index (χ2v) is 7.98. The molecule has 0 aliphatic carbocycles. The number of unbranched alkanes of at least 4 members (excludes halogenated alkanes) is 1. The number of carbonyl (C=O) groups is 1. The van der Waals surface area contributed by atoms with Gasteiger partial charge in [-0.05, 0) is 18.8 Å². The molecule has 0 bridgehead atoms. The zero-order chi connectivity index (χ0) is 15.4. The van der Waals surface area contributed by atoms with Gasteiger partial charge in [-0.15, -0.1) is 0 Å². The molecule has 2 N–H and O–H groups in total. The van der Waals surface area contributed by atoms with Gasteiger partial charge < -0.3 is 14.7 Å². The molecule has 20 heavy (non-hydrogen) atoms. The molecule has 0 heterocycles. The lowest BCUT2D eigenvalue weighted by atomic mass is 10.0. The maximum Gasteiger partial charge on any atom is 0.303 e. The van der Waals surface area contributed by atoms with E-state index in [1.165, 1.54) is 0 Å². The monoisotopic (exact) mass is 308 g/mol. The van der Waals surface area contributed by atoms with Gasteiger partial charge in [-0.1, -0.05) is 33.1 Å². The molecule has 0 amide bonds. The van der Waals surface area contributed by atoms with E-state index in [0.717, 1.165) is 25.7 Å². The molecule has 0 radical (unpaired) electrons. The van der Waals surface area contributed by atoms with Crippen molar-refractivity contribution in [3.63, 3.8) is 0 Å². The first-order valence-electron chi connectivity index (χ1n) is 7.52. The number of hydrogen-bond acceptors (Lipinski definition) is 4. The largest absolute Gasteiger partial charge is 0.481 e. The first kappa shape index (κ1) is 19.6. The van der Waals surface area contributed by atoms with Crippen LogP contribution < -0.4 is 0 Å². The molecule has 0 aliphatic rings. The molecule has 0 aromatic heterocycles. The predicted molar refractivity (Wildman–Crippen MR) is 80.6 cm³/mol. The Hall–Kier alpha value is -0.380. The number of rotatable bonds is 13. The van der Waals surface area contributed by atoms with Gasteiger partial charge in [0.15, 0.2) is 0 Å². The fraction of sp³-hybridized carbons (Fsp3) is 0.929. The standard InChI is InChI=1S/C14H29O5P/c1-3-5-7-13(4-2)12-19-20(18,10-6-9-15)11-8-14(16)17/h13,15H,3-12H2,1-2H3,(H,16,17). The number of aliphatic carboxylic acids is 1. The Morgan fingerprint density at radius 2 is 1.95 bits per heavy atom. The molecule has 0 fully saturated rings. The van der Waals surface area contributed by atoms with E-state index in [4.69, 9.17) is 14.7 Å². The summed E-state index contributed by atoms with van der Waals surface area (Å²) in [5, 5.41) is 17.6. The van der Waals surface area contributed by atoms with Crippen molar-refractivity contribution in [2.75, 3.05) is 25.5 Å². The Bertz CT molecular complexity index is 306. The minimum Gasteiger partial charge on any atom is -0.481 e. The van der Waals surface area contributed by atoms with E-state index < -0.39 is 13.3 Å². The first-order chi connectivity index (χ1) is 9.47. The smallest absolute Gasteiger partial charge is 0.303 e. The van der Waals surface area contributed by atoms with Crippen molar-refractivity contribution in [2.45, 2.75) is 52.4 Å². The number of hydrogen-bond donors (Lipinski definition) is 2. The van der Waals surface area contributed by atoms with E-state index in [2.05, 4.69) is 13.8 Å². The van der Waals surface area contributed by atoms with Gasteiger partial charge in [-0.2, -0.15) is 0 Å². The van der Waals surface area contributed by atoms with Crippen LogP contribution in [-0.4, -0.2) is 41.7 Å². The van der Waals surface area contributed by atoms with Crippen LogP contribution in [0, 0.1) is 5.92 Å². The quantitative estimate of drug-likeness (QED) is 0.510. The average molecular weight is 308 g/mol. The van der Waals surface area contributed by atoms with Crippen LogP contribution in [0.5, 0.6) is 0 Å². The minimum absolute atomic E-state index is 0.0482. The molecular weight excluding hydrogens is 279 g/mol. The van der Waals surface area contributed by atoms with Crippen molar-refractivity contribution >= 4 is 13.3 Å². The molecule has 0 rings (SSSR count). The molecule has 120 valence electrons. The zero-order valence-electron chi connectivity index (χ0n) is 12.7. The van der Waals surface area contributed by atoms with Crippen molar-refractivity contribution in [3.05, 3.63) is 0 Å². The van der Waals surface area contributed by atoms with Gasteiger partial charge in [0, 0.05) is 18.9 Å². The van der Waals surface area contributed by atoms with Gasteiger partial charge in [0.2, 0.25) is 7.37 Å². The van der Waals surface area contributed by atoms with E-state index in [0.29, 0.717) is 18.9 Å². The van der Waals surface area contributed by atoms with E-state index in [-0.39, 0.29) is 25.4 Å². The molecule has 0 saturated heterocycles. The molecule has 0 aromatic carbocycles.